The van der Waals surface area contributed by atoms with Crippen LogP contribution in [0.2, 0.25) is 0 Å². The van der Waals surface area contributed by atoms with E-state index in [1.54, 1.807) is 0 Å². The molecule has 78 heavy (non-hydrogen) atoms. The molecule has 1 radical (unpaired) electrons. The number of rotatable bonds is 7. The first-order valence-electron chi connectivity index (χ1n) is 26.8. The zero-order valence-corrected chi connectivity index (χ0v) is 44.9. The molecule has 14 aromatic rings. The van der Waals surface area contributed by atoms with Gasteiger partial charge < -0.3 is 14.1 Å². The van der Waals surface area contributed by atoms with Gasteiger partial charge in [-0.3, -0.25) is 0 Å². The van der Waals surface area contributed by atoms with Crippen LogP contribution in [0, 0.1) is 6.07 Å². The zero-order chi connectivity index (χ0) is 50.6. The smallest absolute Gasteiger partial charge is 0.0541 e. The molecule has 2 aliphatic carbocycles. The quantitative estimate of drug-likeness (QED) is 0.146. The Kier molecular flexibility index (Phi) is 10.8. The summed E-state index contributed by atoms with van der Waals surface area (Å²) >= 11 is 0. The average molecular weight is 1170 g/mol. The summed E-state index contributed by atoms with van der Waals surface area (Å²) < 4.78 is 4.89. The van der Waals surface area contributed by atoms with Crippen molar-refractivity contribution in [2.24, 2.45) is 0 Å². The molecule has 1 spiro atoms. The van der Waals surface area contributed by atoms with E-state index in [1.807, 2.05) is 30.5 Å². The molecule has 11 aromatic carbocycles. The molecule has 4 heteroatoms. The van der Waals surface area contributed by atoms with Crippen molar-refractivity contribution in [3.8, 4) is 78.3 Å². The molecule has 0 saturated carbocycles. The van der Waals surface area contributed by atoms with Gasteiger partial charge in [-0.05, 0) is 158 Å². The predicted octanol–water partition coefficient (Wildman–Crippen LogP) is 18.5. The van der Waals surface area contributed by atoms with Crippen molar-refractivity contribution in [1.29, 1.82) is 0 Å². The molecule has 2 aliphatic rings. The molecule has 0 amide bonds. The minimum absolute atomic E-state index is 0. The molecule has 0 unspecified atom stereocenters. The van der Waals surface area contributed by atoms with Crippen molar-refractivity contribution in [2.45, 2.75) is 18.3 Å². The molecule has 0 fully saturated rings. The summed E-state index contributed by atoms with van der Waals surface area (Å²) in [5, 5.41) is 5.00. The average Bonchev–Trinajstić information content (AvgIpc) is 4.37. The van der Waals surface area contributed by atoms with Gasteiger partial charge in [-0.1, -0.05) is 176 Å². The summed E-state index contributed by atoms with van der Waals surface area (Å²) in [4.78, 5) is 4.60. The van der Waals surface area contributed by atoms with E-state index in [0.29, 0.717) is 0 Å². The summed E-state index contributed by atoms with van der Waals surface area (Å²) in [5.41, 5.74) is 26.8. The molecule has 3 heterocycles. The number of benzene rings is 11. The Labute approximate surface area is 466 Å². The van der Waals surface area contributed by atoms with Crippen molar-refractivity contribution < 1.29 is 20.1 Å². The minimum atomic E-state index is -0.179. The Balaban J connectivity index is 0.00000529. The molecule has 0 aliphatic heterocycles. The first-order valence-corrected chi connectivity index (χ1v) is 26.8. The summed E-state index contributed by atoms with van der Waals surface area (Å²) in [6.45, 7) is 0. The molecule has 0 bridgehead atoms. The van der Waals surface area contributed by atoms with E-state index in [0.717, 1.165) is 46.6 Å². The maximum atomic E-state index is 4.60. The number of fused-ring (bicyclic) bond motifs is 12. The van der Waals surface area contributed by atoms with Crippen molar-refractivity contribution in [2.75, 3.05) is 0 Å². The van der Waals surface area contributed by atoms with Crippen LogP contribution >= 0.6 is 0 Å². The maximum absolute atomic E-state index is 4.60. The van der Waals surface area contributed by atoms with Crippen molar-refractivity contribution in [3.63, 3.8) is 0 Å². The third kappa shape index (κ3) is 7.25. The first-order chi connectivity index (χ1) is 38.1. The van der Waals surface area contributed by atoms with E-state index in [9.17, 15) is 0 Å². The molecule has 0 N–H and O–H groups in total. The van der Waals surface area contributed by atoms with Gasteiger partial charge >= 0.3 is 0 Å². The monoisotopic (exact) mass is 1170 g/mol. The van der Waals surface area contributed by atoms with Crippen LogP contribution in [0.1, 0.15) is 22.3 Å². The molecular formula is C74H48IrN3-. The van der Waals surface area contributed by atoms with Crippen LogP contribution in [0.5, 0.6) is 0 Å². The van der Waals surface area contributed by atoms with Gasteiger partial charge in [-0.25, -0.2) is 0 Å². The van der Waals surface area contributed by atoms with Gasteiger partial charge in [0, 0.05) is 64.6 Å². The molecule has 0 atom stereocenters. The van der Waals surface area contributed by atoms with Crippen LogP contribution < -0.4 is 0 Å². The SMILES string of the molecule is [Ir].[c-]1ccc(-c2cccc(-c3ccc4c(c3)C3(Cc5ccccc5C3)c3cc(-c5ccc(-c6cc(-n7c8ccccc8c8ccccc87)cc(-n7c8ccccc8c8ccccc87)c6)cc5)ccc3-4)c2)cc1-c1ccccn1. The van der Waals surface area contributed by atoms with Gasteiger partial charge in [0.05, 0.1) is 22.1 Å². The summed E-state index contributed by atoms with van der Waals surface area (Å²) in [6, 6.07) is 100. The van der Waals surface area contributed by atoms with Gasteiger partial charge in [-0.2, -0.15) is 0 Å². The second kappa shape index (κ2) is 18.2. The Bertz CT molecular complexity index is 4430. The number of para-hydroxylation sites is 4. The number of pyridine rings is 1. The number of aromatic nitrogens is 3. The standard InChI is InChI=1S/C74H48N3.Ir/c1-2-16-57-47-74(46-56(57)15-1)67-43-53(34-36-61(67)62-37-35-54(44-68(62)74)51-18-13-17-50(39-51)52-19-14-20-55(40-52)69-25-11-12-38-75-69)48-30-32-49(33-31-48)58-41-59(76-70-26-7-3-21-63(70)64-22-4-8-27-71(64)76)45-60(42-58)77-72-28-9-5-23-65(72)66-24-6-10-29-73(66)77;/h1-19,21-45H,46-47H2;/q-1;. The Morgan fingerprint density at radius 2 is 0.782 bits per heavy atom. The normalized spacial score (nSPS) is 13.0. The van der Waals surface area contributed by atoms with Crippen LogP contribution in [-0.4, -0.2) is 14.1 Å². The minimum Gasteiger partial charge on any atom is -0.309 e. The molecule has 3 nitrogen and oxygen atoms in total. The second-order valence-electron chi connectivity index (χ2n) is 21.1. The predicted molar refractivity (Wildman–Crippen MR) is 319 cm³/mol. The molecule has 16 rings (SSSR count). The third-order valence-corrected chi connectivity index (χ3v) is 16.9. The van der Waals surface area contributed by atoms with Gasteiger partial charge in [0.1, 0.15) is 0 Å². The Hall–Kier alpha value is -9.18. The summed E-state index contributed by atoms with van der Waals surface area (Å²) in [5.74, 6) is 0. The van der Waals surface area contributed by atoms with E-state index in [4.69, 9.17) is 0 Å². The van der Waals surface area contributed by atoms with Crippen molar-refractivity contribution in [1.82, 2.24) is 14.1 Å². The van der Waals surface area contributed by atoms with E-state index in [1.165, 1.54) is 110 Å². The number of hydrogen-bond acceptors (Lipinski definition) is 1. The maximum Gasteiger partial charge on any atom is 0.0541 e. The van der Waals surface area contributed by atoms with Crippen LogP contribution in [0.3, 0.4) is 0 Å². The molecule has 0 saturated heterocycles. The summed E-state index contributed by atoms with van der Waals surface area (Å²) in [6.07, 6.45) is 3.79. The number of nitrogens with zero attached hydrogens (tertiary/aromatic N) is 3. The topological polar surface area (TPSA) is 22.8 Å². The van der Waals surface area contributed by atoms with Crippen LogP contribution in [0.15, 0.2) is 267 Å². The molecule has 369 valence electrons. The third-order valence-electron chi connectivity index (χ3n) is 16.9. The van der Waals surface area contributed by atoms with Gasteiger partial charge in [-0.15, -0.1) is 35.4 Å². The molecular weight excluding hydrogens is 1120 g/mol. The van der Waals surface area contributed by atoms with Crippen LogP contribution in [0.25, 0.3) is 122 Å². The largest absolute Gasteiger partial charge is 0.309 e. The summed E-state index contributed by atoms with van der Waals surface area (Å²) in [7, 11) is 0. The van der Waals surface area contributed by atoms with Gasteiger partial charge in [0.15, 0.2) is 0 Å². The fraction of sp³-hybridized carbons (Fsp3) is 0.0405. The van der Waals surface area contributed by atoms with Crippen molar-refractivity contribution in [3.05, 3.63) is 295 Å². The Morgan fingerprint density at radius 3 is 1.29 bits per heavy atom. The van der Waals surface area contributed by atoms with Gasteiger partial charge in [0.25, 0.3) is 0 Å². The van der Waals surface area contributed by atoms with E-state index >= 15 is 0 Å². The van der Waals surface area contributed by atoms with Gasteiger partial charge in [0.2, 0.25) is 0 Å². The van der Waals surface area contributed by atoms with E-state index in [2.05, 4.69) is 257 Å². The fourth-order valence-electron chi connectivity index (χ4n) is 13.3. The zero-order valence-electron chi connectivity index (χ0n) is 42.5. The first kappa shape index (κ1) is 46.1. The number of hydrogen-bond donors (Lipinski definition) is 0. The van der Waals surface area contributed by atoms with Crippen molar-refractivity contribution >= 4 is 43.6 Å². The van der Waals surface area contributed by atoms with Crippen LogP contribution in [0.4, 0.5) is 0 Å². The van der Waals surface area contributed by atoms with Crippen LogP contribution in [-0.2, 0) is 38.4 Å². The van der Waals surface area contributed by atoms with E-state index in [-0.39, 0.29) is 25.5 Å². The fourth-order valence-corrected chi connectivity index (χ4v) is 13.3. The van der Waals surface area contributed by atoms with E-state index < -0.39 is 0 Å². The Morgan fingerprint density at radius 1 is 0.346 bits per heavy atom. The molecule has 3 aromatic heterocycles. The second-order valence-corrected chi connectivity index (χ2v) is 21.1.